The maximum atomic E-state index is 6.11. The molecule has 2 N–H and O–H groups in total. The summed E-state index contributed by atoms with van der Waals surface area (Å²) >= 11 is 0. The molecule has 0 bridgehead atoms. The molecule has 2 nitrogen and oxygen atoms in total. The number of rotatable bonds is 4. The van der Waals surface area contributed by atoms with Crippen molar-refractivity contribution in [2.75, 3.05) is 7.11 Å². The van der Waals surface area contributed by atoms with E-state index in [2.05, 4.69) is 39.0 Å². The first-order valence-corrected chi connectivity index (χ1v) is 6.45. The molecule has 0 saturated heterocycles. The first-order valence-electron chi connectivity index (χ1n) is 6.45. The lowest BCUT2D eigenvalue weighted by Crippen LogP contribution is -2.31. The zero-order chi connectivity index (χ0) is 12.6. The molecule has 0 radical (unpaired) electrons. The topological polar surface area (TPSA) is 35.2 Å². The van der Waals surface area contributed by atoms with Gasteiger partial charge < -0.3 is 10.5 Å². The summed E-state index contributed by atoms with van der Waals surface area (Å²) in [5, 5.41) is 0. The molecule has 1 aliphatic rings. The predicted octanol–water partition coefficient (Wildman–Crippen LogP) is 3.20. The fraction of sp³-hybridized carbons (Fsp3) is 0.600. The van der Waals surface area contributed by atoms with E-state index in [1.165, 1.54) is 24.0 Å². The van der Waals surface area contributed by atoms with Crippen molar-refractivity contribution in [3.63, 3.8) is 0 Å². The second kappa shape index (κ2) is 4.34. The minimum atomic E-state index is 0.211. The van der Waals surface area contributed by atoms with Gasteiger partial charge >= 0.3 is 0 Å². The molecular weight excluding hydrogens is 210 g/mol. The summed E-state index contributed by atoms with van der Waals surface area (Å²) in [5.41, 5.74) is 8.94. The standard InChI is InChI=1S/C15H23NO/c1-10(2)13-6-5-12(9-14(13)17-4)15(7-8-15)11(3)16/h5-6,9-11H,7-8,16H2,1-4H3. The van der Waals surface area contributed by atoms with Crippen LogP contribution < -0.4 is 10.5 Å². The van der Waals surface area contributed by atoms with E-state index in [0.717, 1.165) is 5.75 Å². The van der Waals surface area contributed by atoms with Crippen LogP contribution in [-0.4, -0.2) is 13.2 Å². The van der Waals surface area contributed by atoms with E-state index in [4.69, 9.17) is 10.5 Å². The van der Waals surface area contributed by atoms with E-state index in [1.807, 2.05) is 0 Å². The lowest BCUT2D eigenvalue weighted by molar-refractivity contribution is 0.405. The largest absolute Gasteiger partial charge is 0.496 e. The van der Waals surface area contributed by atoms with E-state index < -0.39 is 0 Å². The highest BCUT2D eigenvalue weighted by molar-refractivity contribution is 5.45. The fourth-order valence-corrected chi connectivity index (χ4v) is 2.64. The molecule has 1 atom stereocenters. The minimum Gasteiger partial charge on any atom is -0.496 e. The van der Waals surface area contributed by atoms with Crippen LogP contribution >= 0.6 is 0 Å². The Labute approximate surface area is 104 Å². The van der Waals surface area contributed by atoms with Crippen LogP contribution in [0.25, 0.3) is 0 Å². The average Bonchev–Trinajstić information content (AvgIpc) is 3.09. The maximum Gasteiger partial charge on any atom is 0.122 e. The van der Waals surface area contributed by atoms with Crippen LogP contribution in [0.3, 0.4) is 0 Å². The van der Waals surface area contributed by atoms with Crippen molar-refractivity contribution in [1.29, 1.82) is 0 Å². The Morgan fingerprint density at radius 3 is 2.29 bits per heavy atom. The van der Waals surface area contributed by atoms with Gasteiger partial charge in [-0.15, -0.1) is 0 Å². The summed E-state index contributed by atoms with van der Waals surface area (Å²) in [6, 6.07) is 6.83. The van der Waals surface area contributed by atoms with Crippen LogP contribution in [0.1, 0.15) is 50.7 Å². The van der Waals surface area contributed by atoms with Gasteiger partial charge in [0.1, 0.15) is 5.75 Å². The van der Waals surface area contributed by atoms with Crippen LogP contribution in [0, 0.1) is 0 Å². The highest BCUT2D eigenvalue weighted by Crippen LogP contribution is 2.51. The monoisotopic (exact) mass is 233 g/mol. The molecule has 1 aromatic rings. The number of methoxy groups -OCH3 is 1. The van der Waals surface area contributed by atoms with E-state index in [9.17, 15) is 0 Å². The van der Waals surface area contributed by atoms with E-state index in [-0.39, 0.29) is 11.5 Å². The van der Waals surface area contributed by atoms with Crippen molar-refractivity contribution in [3.05, 3.63) is 29.3 Å². The number of ether oxygens (including phenoxy) is 1. The van der Waals surface area contributed by atoms with E-state index in [1.54, 1.807) is 7.11 Å². The second-order valence-electron chi connectivity index (χ2n) is 5.56. The first-order chi connectivity index (χ1) is 8.01. The smallest absolute Gasteiger partial charge is 0.122 e. The second-order valence-corrected chi connectivity index (χ2v) is 5.56. The van der Waals surface area contributed by atoms with Crippen LogP contribution in [0.2, 0.25) is 0 Å². The quantitative estimate of drug-likeness (QED) is 0.866. The average molecular weight is 233 g/mol. The van der Waals surface area contributed by atoms with Gasteiger partial charge in [-0.25, -0.2) is 0 Å². The van der Waals surface area contributed by atoms with Crippen molar-refractivity contribution >= 4 is 0 Å². The van der Waals surface area contributed by atoms with Gasteiger partial charge in [0.25, 0.3) is 0 Å². The van der Waals surface area contributed by atoms with Crippen molar-refractivity contribution in [2.24, 2.45) is 5.73 Å². The Bertz CT molecular complexity index is 405. The molecule has 1 fully saturated rings. The van der Waals surface area contributed by atoms with E-state index in [0.29, 0.717) is 5.92 Å². The third-order valence-electron chi connectivity index (χ3n) is 4.09. The number of nitrogens with two attached hydrogens (primary N) is 1. The molecule has 0 spiro atoms. The Morgan fingerprint density at radius 1 is 1.24 bits per heavy atom. The van der Waals surface area contributed by atoms with Gasteiger partial charge in [0, 0.05) is 11.5 Å². The molecule has 1 aromatic carbocycles. The minimum absolute atomic E-state index is 0.211. The zero-order valence-electron chi connectivity index (χ0n) is 11.3. The Hall–Kier alpha value is -1.02. The normalized spacial score (nSPS) is 19.2. The molecule has 1 unspecified atom stereocenters. The highest BCUT2D eigenvalue weighted by atomic mass is 16.5. The van der Waals surface area contributed by atoms with Gasteiger partial charge in [0.2, 0.25) is 0 Å². The maximum absolute atomic E-state index is 6.11. The number of hydrogen-bond donors (Lipinski definition) is 1. The summed E-state index contributed by atoms with van der Waals surface area (Å²) in [6.07, 6.45) is 2.41. The molecule has 94 valence electrons. The summed E-state index contributed by atoms with van der Waals surface area (Å²) < 4.78 is 5.51. The highest BCUT2D eigenvalue weighted by Gasteiger charge is 2.47. The van der Waals surface area contributed by atoms with Crippen molar-refractivity contribution in [1.82, 2.24) is 0 Å². The molecule has 1 saturated carbocycles. The molecule has 0 aliphatic heterocycles. The molecule has 1 aliphatic carbocycles. The zero-order valence-corrected chi connectivity index (χ0v) is 11.3. The molecule has 17 heavy (non-hydrogen) atoms. The Balaban J connectivity index is 2.39. The van der Waals surface area contributed by atoms with Crippen molar-refractivity contribution in [2.45, 2.75) is 51.0 Å². The van der Waals surface area contributed by atoms with Gasteiger partial charge in [-0.05, 0) is 42.9 Å². The number of benzene rings is 1. The summed E-state index contributed by atoms with van der Waals surface area (Å²) in [7, 11) is 1.75. The van der Waals surface area contributed by atoms with Crippen LogP contribution in [-0.2, 0) is 5.41 Å². The summed E-state index contributed by atoms with van der Waals surface area (Å²) in [6.45, 7) is 6.49. The SMILES string of the molecule is COc1cc(C2(C(C)N)CC2)ccc1C(C)C. The lowest BCUT2D eigenvalue weighted by atomic mass is 9.87. The summed E-state index contributed by atoms with van der Waals surface area (Å²) in [5.74, 6) is 1.49. The molecule has 0 aromatic heterocycles. The van der Waals surface area contributed by atoms with Gasteiger partial charge in [0.05, 0.1) is 7.11 Å². The molecule has 2 heteroatoms. The number of hydrogen-bond acceptors (Lipinski definition) is 2. The van der Waals surface area contributed by atoms with Crippen LogP contribution in [0.5, 0.6) is 5.75 Å². The Kier molecular flexibility index (Phi) is 3.17. The van der Waals surface area contributed by atoms with Crippen LogP contribution in [0.15, 0.2) is 18.2 Å². The molecule has 0 amide bonds. The molecule has 2 rings (SSSR count). The van der Waals surface area contributed by atoms with Crippen LogP contribution in [0.4, 0.5) is 0 Å². The third-order valence-corrected chi connectivity index (χ3v) is 4.09. The van der Waals surface area contributed by atoms with Crippen molar-refractivity contribution < 1.29 is 4.74 Å². The Morgan fingerprint density at radius 2 is 1.88 bits per heavy atom. The van der Waals surface area contributed by atoms with Gasteiger partial charge in [-0.3, -0.25) is 0 Å². The third kappa shape index (κ3) is 2.06. The van der Waals surface area contributed by atoms with Gasteiger partial charge in [0.15, 0.2) is 0 Å². The fourth-order valence-electron chi connectivity index (χ4n) is 2.64. The lowest BCUT2D eigenvalue weighted by Gasteiger charge is -2.22. The molecule has 0 heterocycles. The van der Waals surface area contributed by atoms with Crippen molar-refractivity contribution in [3.8, 4) is 5.75 Å². The van der Waals surface area contributed by atoms with Gasteiger partial charge in [-0.2, -0.15) is 0 Å². The summed E-state index contributed by atoms with van der Waals surface area (Å²) in [4.78, 5) is 0. The first kappa shape index (κ1) is 12.4. The molecular formula is C15H23NO. The van der Waals surface area contributed by atoms with E-state index >= 15 is 0 Å². The predicted molar refractivity (Wildman–Crippen MR) is 71.6 cm³/mol. The van der Waals surface area contributed by atoms with Gasteiger partial charge in [-0.1, -0.05) is 26.0 Å².